The summed E-state index contributed by atoms with van der Waals surface area (Å²) in [7, 11) is 0. The van der Waals surface area contributed by atoms with Gasteiger partial charge in [-0.05, 0) is 24.5 Å². The highest BCUT2D eigenvalue weighted by Gasteiger charge is 2.17. The van der Waals surface area contributed by atoms with Crippen molar-refractivity contribution in [3.05, 3.63) is 0 Å². The number of carbonyl (C=O) groups excluding carboxylic acids is 1. The van der Waals surface area contributed by atoms with Crippen molar-refractivity contribution in [3.63, 3.8) is 0 Å². The largest absolute Gasteiger partial charge is 0.481 e. The number of amides is 2. The predicted molar refractivity (Wildman–Crippen MR) is 72.9 cm³/mol. The number of hydrogen-bond donors (Lipinski definition) is 3. The van der Waals surface area contributed by atoms with Crippen LogP contribution in [0.4, 0.5) is 4.79 Å². The van der Waals surface area contributed by atoms with Gasteiger partial charge >= 0.3 is 12.0 Å². The van der Waals surface area contributed by atoms with E-state index in [1.807, 2.05) is 18.7 Å². The highest BCUT2D eigenvalue weighted by molar-refractivity contribution is 7.99. The predicted octanol–water partition coefficient (Wildman–Crippen LogP) is 1.68. The summed E-state index contributed by atoms with van der Waals surface area (Å²) in [6.45, 7) is 2.36. The summed E-state index contributed by atoms with van der Waals surface area (Å²) < 4.78 is 0. The molecule has 0 aromatic rings. The van der Waals surface area contributed by atoms with Crippen LogP contribution in [0.1, 0.15) is 32.6 Å². The molecule has 104 valence electrons. The van der Waals surface area contributed by atoms with Crippen LogP contribution in [0, 0.1) is 5.92 Å². The average molecular weight is 274 g/mol. The second-order valence-electron chi connectivity index (χ2n) is 4.64. The average Bonchev–Trinajstić information content (AvgIpc) is 2.35. The Balaban J connectivity index is 2.20. The van der Waals surface area contributed by atoms with Gasteiger partial charge in [0, 0.05) is 24.8 Å². The molecule has 2 amide bonds. The summed E-state index contributed by atoms with van der Waals surface area (Å²) in [5, 5.41) is 14.4. The van der Waals surface area contributed by atoms with Crippen molar-refractivity contribution in [3.8, 4) is 0 Å². The Morgan fingerprint density at radius 2 is 2.28 bits per heavy atom. The number of carboxylic acids is 1. The lowest BCUT2D eigenvalue weighted by Gasteiger charge is -2.23. The topological polar surface area (TPSA) is 78.4 Å². The van der Waals surface area contributed by atoms with Gasteiger partial charge in [0.2, 0.25) is 0 Å². The molecule has 1 rings (SSSR count). The van der Waals surface area contributed by atoms with E-state index < -0.39 is 5.97 Å². The molecule has 0 aromatic heterocycles. The zero-order valence-electron chi connectivity index (χ0n) is 10.8. The third kappa shape index (κ3) is 6.14. The van der Waals surface area contributed by atoms with Crippen LogP contribution in [0.5, 0.6) is 0 Å². The molecule has 0 aromatic carbocycles. The number of thioether (sulfide) groups is 1. The second-order valence-corrected chi connectivity index (χ2v) is 5.79. The van der Waals surface area contributed by atoms with Crippen molar-refractivity contribution in [2.24, 2.45) is 5.92 Å². The third-order valence-corrected chi connectivity index (χ3v) is 4.30. The summed E-state index contributed by atoms with van der Waals surface area (Å²) in [5.74, 6) is 1.34. The van der Waals surface area contributed by atoms with Gasteiger partial charge in [0.25, 0.3) is 0 Å². The number of rotatable bonds is 6. The van der Waals surface area contributed by atoms with E-state index in [0.717, 1.165) is 25.0 Å². The third-order valence-electron chi connectivity index (χ3n) is 3.09. The highest BCUT2D eigenvalue weighted by Crippen LogP contribution is 2.16. The standard InChI is InChI=1S/C12H22N2O3S/c1-2-9(6-11(15)16)7-13-12(17)14-10-4-3-5-18-8-10/h9-10H,2-8H2,1H3,(H,15,16)(H2,13,14,17). The van der Waals surface area contributed by atoms with Gasteiger partial charge in [0.1, 0.15) is 0 Å². The van der Waals surface area contributed by atoms with Crippen LogP contribution >= 0.6 is 11.8 Å². The Morgan fingerprint density at radius 3 is 2.83 bits per heavy atom. The Labute approximate surface area is 112 Å². The van der Waals surface area contributed by atoms with Crippen LogP contribution in [-0.2, 0) is 4.79 Å². The Morgan fingerprint density at radius 1 is 1.50 bits per heavy atom. The van der Waals surface area contributed by atoms with E-state index in [-0.39, 0.29) is 24.4 Å². The molecule has 0 aliphatic carbocycles. The maximum Gasteiger partial charge on any atom is 0.315 e. The Kier molecular flexibility index (Phi) is 6.93. The minimum atomic E-state index is -0.812. The van der Waals surface area contributed by atoms with Crippen molar-refractivity contribution in [1.82, 2.24) is 10.6 Å². The van der Waals surface area contributed by atoms with E-state index >= 15 is 0 Å². The van der Waals surface area contributed by atoms with Crippen LogP contribution in [0.3, 0.4) is 0 Å². The summed E-state index contributed by atoms with van der Waals surface area (Å²) in [5.41, 5.74) is 0. The lowest BCUT2D eigenvalue weighted by Crippen LogP contribution is -2.45. The van der Waals surface area contributed by atoms with E-state index in [9.17, 15) is 9.59 Å². The van der Waals surface area contributed by atoms with Crippen molar-refractivity contribution < 1.29 is 14.7 Å². The van der Waals surface area contributed by atoms with Gasteiger partial charge in [0.05, 0.1) is 0 Å². The number of hydrogen-bond acceptors (Lipinski definition) is 3. The smallest absolute Gasteiger partial charge is 0.315 e. The molecule has 1 fully saturated rings. The summed E-state index contributed by atoms with van der Waals surface area (Å²) in [4.78, 5) is 22.2. The molecule has 6 heteroatoms. The summed E-state index contributed by atoms with van der Waals surface area (Å²) in [6.07, 6.45) is 3.04. The van der Waals surface area contributed by atoms with Gasteiger partial charge < -0.3 is 15.7 Å². The minimum absolute atomic E-state index is 0.00832. The number of aliphatic carboxylic acids is 1. The van der Waals surface area contributed by atoms with Gasteiger partial charge in [-0.15, -0.1) is 0 Å². The van der Waals surface area contributed by atoms with E-state index in [0.29, 0.717) is 6.54 Å². The maximum absolute atomic E-state index is 11.6. The molecule has 0 spiro atoms. The fourth-order valence-electron chi connectivity index (χ4n) is 1.94. The molecule has 2 atom stereocenters. The molecular formula is C12H22N2O3S. The first-order valence-corrected chi connectivity index (χ1v) is 7.61. The lowest BCUT2D eigenvalue weighted by molar-refractivity contribution is -0.138. The van der Waals surface area contributed by atoms with Crippen LogP contribution in [-0.4, -0.2) is 41.2 Å². The van der Waals surface area contributed by atoms with E-state index in [2.05, 4.69) is 10.6 Å². The number of nitrogens with one attached hydrogen (secondary N) is 2. The SMILES string of the molecule is CCC(CNC(=O)NC1CCCSC1)CC(=O)O. The molecule has 18 heavy (non-hydrogen) atoms. The van der Waals surface area contributed by atoms with Crippen LogP contribution in [0.25, 0.3) is 0 Å². The zero-order valence-corrected chi connectivity index (χ0v) is 11.6. The van der Waals surface area contributed by atoms with E-state index in [1.165, 1.54) is 5.75 Å². The lowest BCUT2D eigenvalue weighted by atomic mass is 10.0. The first kappa shape index (κ1) is 15.1. The van der Waals surface area contributed by atoms with Crippen molar-refractivity contribution in [2.75, 3.05) is 18.1 Å². The number of carbonyl (C=O) groups is 2. The molecule has 1 aliphatic heterocycles. The Hall–Kier alpha value is -0.910. The molecule has 2 unspecified atom stereocenters. The minimum Gasteiger partial charge on any atom is -0.481 e. The molecule has 1 saturated heterocycles. The Bertz CT molecular complexity index is 280. The van der Waals surface area contributed by atoms with Crippen molar-refractivity contribution in [1.29, 1.82) is 0 Å². The van der Waals surface area contributed by atoms with Crippen LogP contribution in [0.15, 0.2) is 0 Å². The first-order chi connectivity index (χ1) is 8.61. The van der Waals surface area contributed by atoms with Gasteiger partial charge in [-0.2, -0.15) is 11.8 Å². The van der Waals surface area contributed by atoms with Gasteiger partial charge in [-0.25, -0.2) is 4.79 Å². The molecular weight excluding hydrogens is 252 g/mol. The fourth-order valence-corrected chi connectivity index (χ4v) is 3.01. The molecule has 0 saturated carbocycles. The number of carboxylic acid groups (broad SMARTS) is 1. The normalized spacial score (nSPS) is 21.1. The van der Waals surface area contributed by atoms with Crippen LogP contribution in [0.2, 0.25) is 0 Å². The molecule has 5 nitrogen and oxygen atoms in total. The van der Waals surface area contributed by atoms with E-state index in [4.69, 9.17) is 5.11 Å². The van der Waals surface area contributed by atoms with Crippen molar-refractivity contribution in [2.45, 2.75) is 38.6 Å². The van der Waals surface area contributed by atoms with Crippen LogP contribution < -0.4 is 10.6 Å². The van der Waals surface area contributed by atoms with E-state index in [1.54, 1.807) is 0 Å². The fraction of sp³-hybridized carbons (Fsp3) is 0.833. The van der Waals surface area contributed by atoms with Gasteiger partial charge in [0.15, 0.2) is 0 Å². The molecule has 0 radical (unpaired) electrons. The second kappa shape index (κ2) is 8.24. The van der Waals surface area contributed by atoms with Gasteiger partial charge in [-0.3, -0.25) is 4.79 Å². The molecule has 1 aliphatic rings. The summed E-state index contributed by atoms with van der Waals surface area (Å²) in [6, 6.07) is 0.0784. The monoisotopic (exact) mass is 274 g/mol. The zero-order chi connectivity index (χ0) is 13.4. The molecule has 0 bridgehead atoms. The molecule has 3 N–H and O–H groups in total. The quantitative estimate of drug-likeness (QED) is 0.688. The number of urea groups is 1. The summed E-state index contributed by atoms with van der Waals surface area (Å²) >= 11 is 1.86. The first-order valence-electron chi connectivity index (χ1n) is 6.45. The maximum atomic E-state index is 11.6. The van der Waals surface area contributed by atoms with Gasteiger partial charge in [-0.1, -0.05) is 13.3 Å². The van der Waals surface area contributed by atoms with Crippen molar-refractivity contribution >= 4 is 23.8 Å². The molecule has 1 heterocycles. The highest BCUT2D eigenvalue weighted by atomic mass is 32.2.